The van der Waals surface area contributed by atoms with Crippen LogP contribution in [-0.4, -0.2) is 66.4 Å². The molecular weight excluding hydrogens is 352 g/mol. The molecule has 2 aliphatic rings. The topological polar surface area (TPSA) is 42.0 Å². The van der Waals surface area contributed by atoms with Crippen LogP contribution in [0.5, 0.6) is 0 Å². The van der Waals surface area contributed by atoms with Crippen LogP contribution in [0.4, 0.5) is 4.79 Å². The summed E-state index contributed by atoms with van der Waals surface area (Å²) in [5, 5.41) is 0.732. The number of nitrogens with zero attached hydrogens (tertiary/aromatic N) is 2. The maximum Gasteiger partial charge on any atom is 0.410 e. The zero-order chi connectivity index (χ0) is 18.7. The Labute approximate surface area is 161 Å². The number of carbonyl (C=O) groups excluding carboxylic acids is 1. The van der Waals surface area contributed by atoms with E-state index in [0.717, 1.165) is 44.2 Å². The molecule has 2 aliphatic heterocycles. The number of hydrogen-bond donors (Lipinski definition) is 0. The SMILES string of the molecule is CC(C)(C)OC(=O)N1C[C@H](N2CCOCC2)C[C@@H]1Cc1ccc(Cl)cc1. The lowest BCUT2D eigenvalue weighted by atomic mass is 10.0. The van der Waals surface area contributed by atoms with Crippen molar-refractivity contribution in [1.82, 2.24) is 9.80 Å². The van der Waals surface area contributed by atoms with Gasteiger partial charge >= 0.3 is 6.09 Å². The Bertz CT molecular complexity index is 608. The van der Waals surface area contributed by atoms with Gasteiger partial charge in [-0.25, -0.2) is 4.79 Å². The van der Waals surface area contributed by atoms with Crippen molar-refractivity contribution >= 4 is 17.7 Å². The van der Waals surface area contributed by atoms with Gasteiger partial charge in [0.25, 0.3) is 0 Å². The quantitative estimate of drug-likeness (QED) is 0.803. The van der Waals surface area contributed by atoms with Gasteiger partial charge in [0.15, 0.2) is 0 Å². The Hall–Kier alpha value is -1.30. The molecule has 5 nitrogen and oxygen atoms in total. The van der Waals surface area contributed by atoms with Crippen molar-refractivity contribution in [2.24, 2.45) is 0 Å². The summed E-state index contributed by atoms with van der Waals surface area (Å²) >= 11 is 6.00. The van der Waals surface area contributed by atoms with Crippen LogP contribution in [0.1, 0.15) is 32.8 Å². The number of hydrogen-bond acceptors (Lipinski definition) is 4. The van der Waals surface area contributed by atoms with Crippen LogP contribution in [-0.2, 0) is 15.9 Å². The fourth-order valence-corrected chi connectivity index (χ4v) is 3.86. The summed E-state index contributed by atoms with van der Waals surface area (Å²) in [6.07, 6.45) is 1.56. The maximum absolute atomic E-state index is 12.8. The molecule has 1 amide bonds. The highest BCUT2D eigenvalue weighted by atomic mass is 35.5. The average molecular weight is 381 g/mol. The summed E-state index contributed by atoms with van der Waals surface area (Å²) < 4.78 is 11.1. The summed E-state index contributed by atoms with van der Waals surface area (Å²) in [4.78, 5) is 17.1. The Morgan fingerprint density at radius 2 is 1.88 bits per heavy atom. The monoisotopic (exact) mass is 380 g/mol. The minimum atomic E-state index is -0.487. The molecule has 2 saturated heterocycles. The van der Waals surface area contributed by atoms with E-state index in [1.807, 2.05) is 49.9 Å². The van der Waals surface area contributed by atoms with Crippen LogP contribution in [0.25, 0.3) is 0 Å². The summed E-state index contributed by atoms with van der Waals surface area (Å²) in [5.41, 5.74) is 0.703. The van der Waals surface area contributed by atoms with Gasteiger partial charge in [-0.15, -0.1) is 0 Å². The number of rotatable bonds is 3. The van der Waals surface area contributed by atoms with Crippen LogP contribution < -0.4 is 0 Å². The second-order valence-corrected chi connectivity index (χ2v) is 8.59. The number of carbonyl (C=O) groups is 1. The Morgan fingerprint density at radius 1 is 1.23 bits per heavy atom. The molecule has 6 heteroatoms. The molecule has 0 unspecified atom stereocenters. The number of likely N-dealkylation sites (tertiary alicyclic amines) is 1. The minimum Gasteiger partial charge on any atom is -0.444 e. The fraction of sp³-hybridized carbons (Fsp3) is 0.650. The van der Waals surface area contributed by atoms with E-state index in [2.05, 4.69) is 4.90 Å². The molecule has 2 atom stereocenters. The van der Waals surface area contributed by atoms with E-state index in [1.54, 1.807) is 0 Å². The Balaban J connectivity index is 1.73. The highest BCUT2D eigenvalue weighted by Crippen LogP contribution is 2.28. The Kier molecular flexibility index (Phi) is 6.10. The van der Waals surface area contributed by atoms with Gasteiger partial charge in [-0.05, 0) is 51.3 Å². The first-order valence-electron chi connectivity index (χ1n) is 9.38. The standard InChI is InChI=1S/C20H29ClN2O3/c1-20(2,3)26-19(24)23-14-18(22-8-10-25-11-9-22)13-17(23)12-15-4-6-16(21)7-5-15/h4-7,17-18H,8-14H2,1-3H3/t17-,18+/m0/s1. The van der Waals surface area contributed by atoms with Gasteiger partial charge in [-0.3, -0.25) is 4.90 Å². The smallest absolute Gasteiger partial charge is 0.410 e. The zero-order valence-electron chi connectivity index (χ0n) is 15.9. The molecule has 3 rings (SSSR count). The predicted molar refractivity (Wildman–Crippen MR) is 103 cm³/mol. The first-order valence-corrected chi connectivity index (χ1v) is 9.75. The molecule has 2 fully saturated rings. The molecular formula is C20H29ClN2O3. The summed E-state index contributed by atoms with van der Waals surface area (Å²) in [7, 11) is 0. The van der Waals surface area contributed by atoms with E-state index < -0.39 is 5.60 Å². The predicted octanol–water partition coefficient (Wildman–Crippen LogP) is 3.59. The molecule has 0 bridgehead atoms. The average Bonchev–Trinajstić information content (AvgIpc) is 3.00. The van der Waals surface area contributed by atoms with Gasteiger partial charge in [-0.2, -0.15) is 0 Å². The van der Waals surface area contributed by atoms with Crippen molar-refractivity contribution in [3.63, 3.8) is 0 Å². The lowest BCUT2D eigenvalue weighted by molar-refractivity contribution is 0.0118. The molecule has 0 spiro atoms. The normalized spacial score (nSPS) is 24.7. The van der Waals surface area contributed by atoms with Crippen molar-refractivity contribution in [3.05, 3.63) is 34.9 Å². The molecule has 1 aromatic carbocycles. The second kappa shape index (κ2) is 8.15. The van der Waals surface area contributed by atoms with Crippen LogP contribution in [0.2, 0.25) is 5.02 Å². The minimum absolute atomic E-state index is 0.138. The number of amides is 1. The number of halogens is 1. The number of benzene rings is 1. The lowest BCUT2D eigenvalue weighted by Gasteiger charge is -2.32. The van der Waals surface area contributed by atoms with E-state index in [4.69, 9.17) is 21.1 Å². The second-order valence-electron chi connectivity index (χ2n) is 8.15. The molecule has 0 saturated carbocycles. The molecule has 0 aromatic heterocycles. The molecule has 26 heavy (non-hydrogen) atoms. The molecule has 1 aromatic rings. The van der Waals surface area contributed by atoms with E-state index in [0.29, 0.717) is 12.6 Å². The van der Waals surface area contributed by atoms with Crippen molar-refractivity contribution < 1.29 is 14.3 Å². The maximum atomic E-state index is 12.8. The van der Waals surface area contributed by atoms with Crippen LogP contribution in [0.3, 0.4) is 0 Å². The lowest BCUT2D eigenvalue weighted by Crippen LogP contribution is -2.45. The van der Waals surface area contributed by atoms with Crippen molar-refractivity contribution in [3.8, 4) is 0 Å². The molecule has 144 valence electrons. The van der Waals surface area contributed by atoms with E-state index in [1.165, 1.54) is 5.56 Å². The van der Waals surface area contributed by atoms with Crippen molar-refractivity contribution in [2.45, 2.75) is 51.3 Å². The third-order valence-electron chi connectivity index (χ3n) is 4.97. The number of morpholine rings is 1. The van der Waals surface area contributed by atoms with E-state index in [9.17, 15) is 4.79 Å². The van der Waals surface area contributed by atoms with Gasteiger partial charge in [0.1, 0.15) is 5.60 Å². The highest BCUT2D eigenvalue weighted by Gasteiger charge is 2.40. The molecule has 0 radical (unpaired) electrons. The third-order valence-corrected chi connectivity index (χ3v) is 5.22. The first kappa shape index (κ1) is 19.5. The van der Waals surface area contributed by atoms with E-state index >= 15 is 0 Å². The summed E-state index contributed by atoms with van der Waals surface area (Å²) in [6.45, 7) is 9.85. The largest absolute Gasteiger partial charge is 0.444 e. The van der Waals surface area contributed by atoms with Gasteiger partial charge < -0.3 is 14.4 Å². The third kappa shape index (κ3) is 5.12. The van der Waals surface area contributed by atoms with Crippen LogP contribution in [0, 0.1) is 0 Å². The van der Waals surface area contributed by atoms with Gasteiger partial charge in [-0.1, -0.05) is 23.7 Å². The molecule has 0 N–H and O–H groups in total. The van der Waals surface area contributed by atoms with E-state index in [-0.39, 0.29) is 12.1 Å². The van der Waals surface area contributed by atoms with Gasteiger partial charge in [0.05, 0.1) is 13.2 Å². The zero-order valence-corrected chi connectivity index (χ0v) is 16.7. The van der Waals surface area contributed by atoms with Crippen LogP contribution in [0.15, 0.2) is 24.3 Å². The summed E-state index contributed by atoms with van der Waals surface area (Å²) in [6, 6.07) is 8.39. The number of ether oxygens (including phenoxy) is 2. The van der Waals surface area contributed by atoms with Gasteiger partial charge in [0.2, 0.25) is 0 Å². The first-order chi connectivity index (χ1) is 12.3. The van der Waals surface area contributed by atoms with Gasteiger partial charge in [0, 0.05) is 36.7 Å². The van der Waals surface area contributed by atoms with Crippen molar-refractivity contribution in [1.29, 1.82) is 0 Å². The Morgan fingerprint density at radius 3 is 2.50 bits per heavy atom. The van der Waals surface area contributed by atoms with Crippen LogP contribution >= 0.6 is 11.6 Å². The molecule has 2 heterocycles. The fourth-order valence-electron chi connectivity index (χ4n) is 3.73. The summed E-state index contributed by atoms with van der Waals surface area (Å²) in [5.74, 6) is 0. The highest BCUT2D eigenvalue weighted by molar-refractivity contribution is 6.30. The molecule has 0 aliphatic carbocycles. The van der Waals surface area contributed by atoms with Crippen molar-refractivity contribution in [2.75, 3.05) is 32.8 Å².